The highest BCUT2D eigenvalue weighted by Gasteiger charge is 2.31. The highest BCUT2D eigenvalue weighted by atomic mass is 32.2. The zero-order valence-electron chi connectivity index (χ0n) is 9.49. The Labute approximate surface area is 102 Å². The van der Waals surface area contributed by atoms with Crippen molar-refractivity contribution < 1.29 is 26.3 Å². The van der Waals surface area contributed by atoms with Crippen LogP contribution in [0.5, 0.6) is 5.75 Å². The topological polar surface area (TPSA) is 69.4 Å². The van der Waals surface area contributed by atoms with Crippen molar-refractivity contribution in [3.8, 4) is 5.75 Å². The number of hydrogen-bond acceptors (Lipinski definition) is 4. The molecule has 8 heteroatoms. The minimum Gasteiger partial charge on any atom is -0.406 e. The normalized spacial score (nSPS) is 12.5. The van der Waals surface area contributed by atoms with E-state index in [-0.39, 0.29) is 22.8 Å². The largest absolute Gasteiger partial charge is 0.573 e. The highest BCUT2D eigenvalue weighted by molar-refractivity contribution is 7.91. The lowest BCUT2D eigenvalue weighted by Gasteiger charge is -2.12. The predicted octanol–water partition coefficient (Wildman–Crippen LogP) is 1.84. The van der Waals surface area contributed by atoms with E-state index >= 15 is 0 Å². The van der Waals surface area contributed by atoms with Crippen LogP contribution in [0.4, 0.5) is 13.2 Å². The van der Waals surface area contributed by atoms with Crippen LogP contribution >= 0.6 is 0 Å². The van der Waals surface area contributed by atoms with Gasteiger partial charge in [-0.3, -0.25) is 0 Å². The molecule has 0 saturated carbocycles. The highest BCUT2D eigenvalue weighted by Crippen LogP contribution is 2.27. The minimum absolute atomic E-state index is 0.0676. The van der Waals surface area contributed by atoms with Crippen molar-refractivity contribution in [2.75, 3.05) is 5.75 Å². The van der Waals surface area contributed by atoms with E-state index in [9.17, 15) is 21.6 Å². The minimum atomic E-state index is -4.82. The Morgan fingerprint density at radius 3 is 2.39 bits per heavy atom. The van der Waals surface area contributed by atoms with Crippen LogP contribution in [0.2, 0.25) is 0 Å². The first kappa shape index (κ1) is 14.8. The zero-order chi connectivity index (χ0) is 14.0. The van der Waals surface area contributed by atoms with Gasteiger partial charge in [0, 0.05) is 6.54 Å². The van der Waals surface area contributed by atoms with Gasteiger partial charge in [-0.25, -0.2) is 8.42 Å². The first-order valence-electron chi connectivity index (χ1n) is 5.01. The van der Waals surface area contributed by atoms with Crippen molar-refractivity contribution >= 4 is 9.84 Å². The number of ether oxygens (including phenoxy) is 1. The zero-order valence-corrected chi connectivity index (χ0v) is 10.3. The molecule has 1 rings (SSSR count). The Morgan fingerprint density at radius 1 is 1.33 bits per heavy atom. The lowest BCUT2D eigenvalue weighted by atomic mass is 10.2. The summed E-state index contributed by atoms with van der Waals surface area (Å²) < 4.78 is 63.0. The Kier molecular flexibility index (Phi) is 4.23. The van der Waals surface area contributed by atoms with E-state index in [2.05, 4.69) is 4.74 Å². The van der Waals surface area contributed by atoms with Crippen LogP contribution in [0.15, 0.2) is 23.1 Å². The van der Waals surface area contributed by atoms with E-state index in [1.165, 1.54) is 6.92 Å². The van der Waals surface area contributed by atoms with Gasteiger partial charge in [0.25, 0.3) is 0 Å². The molecule has 0 bridgehead atoms. The fourth-order valence-electron chi connectivity index (χ4n) is 1.37. The summed E-state index contributed by atoms with van der Waals surface area (Å²) in [6, 6.07) is 3.01. The molecule has 102 valence electrons. The third-order valence-corrected chi connectivity index (χ3v) is 4.03. The Morgan fingerprint density at radius 2 is 1.94 bits per heavy atom. The van der Waals surface area contributed by atoms with Crippen molar-refractivity contribution in [2.24, 2.45) is 5.73 Å². The molecule has 0 spiro atoms. The Hall–Kier alpha value is -1.28. The smallest absolute Gasteiger partial charge is 0.406 e. The molecule has 0 aromatic heterocycles. The third-order valence-electron chi connectivity index (χ3n) is 2.20. The van der Waals surface area contributed by atoms with Gasteiger partial charge in [-0.15, -0.1) is 13.2 Å². The van der Waals surface area contributed by atoms with Gasteiger partial charge in [-0.05, 0) is 23.8 Å². The molecular weight excluding hydrogens is 271 g/mol. The summed E-state index contributed by atoms with van der Waals surface area (Å²) >= 11 is 0. The van der Waals surface area contributed by atoms with Crippen molar-refractivity contribution in [2.45, 2.75) is 24.7 Å². The monoisotopic (exact) mass is 283 g/mol. The Balaban J connectivity index is 3.20. The number of nitrogens with two attached hydrogens (primary N) is 1. The van der Waals surface area contributed by atoms with Crippen LogP contribution in [0.25, 0.3) is 0 Å². The molecule has 0 radical (unpaired) electrons. The molecule has 0 saturated heterocycles. The summed E-state index contributed by atoms with van der Waals surface area (Å²) in [5.41, 5.74) is 5.43. The quantitative estimate of drug-likeness (QED) is 0.915. The van der Waals surface area contributed by atoms with Gasteiger partial charge < -0.3 is 10.5 Å². The second-order valence-corrected chi connectivity index (χ2v) is 5.67. The summed E-state index contributed by atoms with van der Waals surface area (Å²) in [6.07, 6.45) is -4.82. The maximum atomic E-state index is 12.0. The molecule has 2 N–H and O–H groups in total. The molecular formula is C10H12F3NO3S. The molecule has 4 nitrogen and oxygen atoms in total. The molecule has 0 aliphatic heterocycles. The fourth-order valence-corrected chi connectivity index (χ4v) is 2.50. The molecule has 0 aliphatic carbocycles. The van der Waals surface area contributed by atoms with E-state index in [1.54, 1.807) is 0 Å². The fraction of sp³-hybridized carbons (Fsp3) is 0.400. The summed E-state index contributed by atoms with van der Waals surface area (Å²) in [7, 11) is -3.52. The molecule has 0 aliphatic rings. The van der Waals surface area contributed by atoms with Gasteiger partial charge >= 0.3 is 6.36 Å². The average Bonchev–Trinajstić information content (AvgIpc) is 2.26. The summed E-state index contributed by atoms with van der Waals surface area (Å²) in [4.78, 5) is -0.0676. The van der Waals surface area contributed by atoms with Crippen molar-refractivity contribution in [1.82, 2.24) is 0 Å². The molecule has 1 aromatic carbocycles. The number of benzene rings is 1. The standard InChI is InChI=1S/C10H12F3NO3S/c1-2-18(15,16)9-4-3-8(5-7(9)6-14)17-10(11,12)13/h3-5H,2,6,14H2,1H3. The molecule has 0 heterocycles. The summed E-state index contributed by atoms with van der Waals surface area (Å²) in [6.45, 7) is 1.25. The van der Waals surface area contributed by atoms with E-state index in [1.807, 2.05) is 0 Å². The van der Waals surface area contributed by atoms with E-state index in [4.69, 9.17) is 5.73 Å². The predicted molar refractivity (Wildman–Crippen MR) is 58.7 cm³/mol. The molecule has 0 amide bonds. The number of alkyl halides is 3. The molecule has 18 heavy (non-hydrogen) atoms. The SMILES string of the molecule is CCS(=O)(=O)c1ccc(OC(F)(F)F)cc1CN. The van der Waals surface area contributed by atoms with Crippen LogP contribution < -0.4 is 10.5 Å². The van der Waals surface area contributed by atoms with Crippen LogP contribution in [-0.2, 0) is 16.4 Å². The van der Waals surface area contributed by atoms with Gasteiger partial charge in [-0.1, -0.05) is 6.92 Å². The first-order valence-corrected chi connectivity index (χ1v) is 6.66. The third kappa shape index (κ3) is 3.61. The van der Waals surface area contributed by atoms with Crippen molar-refractivity contribution in [1.29, 1.82) is 0 Å². The van der Waals surface area contributed by atoms with Gasteiger partial charge in [-0.2, -0.15) is 0 Å². The van der Waals surface area contributed by atoms with E-state index < -0.39 is 21.9 Å². The maximum Gasteiger partial charge on any atom is 0.573 e. The Bertz CT molecular complexity index is 526. The van der Waals surface area contributed by atoms with E-state index in [0.717, 1.165) is 18.2 Å². The second kappa shape index (κ2) is 5.15. The van der Waals surface area contributed by atoms with E-state index in [0.29, 0.717) is 0 Å². The van der Waals surface area contributed by atoms with Gasteiger partial charge in [0.05, 0.1) is 10.6 Å². The second-order valence-electron chi connectivity index (χ2n) is 3.42. The lowest BCUT2D eigenvalue weighted by Crippen LogP contribution is -2.18. The summed E-state index contributed by atoms with van der Waals surface area (Å²) in [5, 5.41) is 0. The lowest BCUT2D eigenvalue weighted by molar-refractivity contribution is -0.274. The molecule has 0 unspecified atom stereocenters. The summed E-state index contributed by atoms with van der Waals surface area (Å²) in [5.74, 6) is -0.641. The number of rotatable bonds is 4. The van der Waals surface area contributed by atoms with Gasteiger partial charge in [0.1, 0.15) is 5.75 Å². The molecule has 0 fully saturated rings. The van der Waals surface area contributed by atoms with Gasteiger partial charge in [0.15, 0.2) is 9.84 Å². The number of hydrogen-bond donors (Lipinski definition) is 1. The number of sulfone groups is 1. The maximum absolute atomic E-state index is 12.0. The van der Waals surface area contributed by atoms with Crippen molar-refractivity contribution in [3.05, 3.63) is 23.8 Å². The van der Waals surface area contributed by atoms with Crippen LogP contribution in [0.3, 0.4) is 0 Å². The van der Waals surface area contributed by atoms with Crippen LogP contribution in [0, 0.1) is 0 Å². The van der Waals surface area contributed by atoms with Crippen LogP contribution in [0.1, 0.15) is 12.5 Å². The molecule has 0 atom stereocenters. The van der Waals surface area contributed by atoms with Gasteiger partial charge in [0.2, 0.25) is 0 Å². The van der Waals surface area contributed by atoms with Crippen LogP contribution in [-0.4, -0.2) is 20.5 Å². The molecule has 1 aromatic rings. The average molecular weight is 283 g/mol. The number of halogens is 3. The first-order chi connectivity index (χ1) is 8.19. The van der Waals surface area contributed by atoms with Crippen molar-refractivity contribution in [3.63, 3.8) is 0 Å².